The van der Waals surface area contributed by atoms with Gasteiger partial charge in [0.15, 0.2) is 0 Å². The van der Waals surface area contributed by atoms with Gasteiger partial charge in [-0.3, -0.25) is 4.79 Å². The molecule has 0 spiro atoms. The highest BCUT2D eigenvalue weighted by Crippen LogP contribution is 2.26. The van der Waals surface area contributed by atoms with Crippen LogP contribution >= 0.6 is 0 Å². The first kappa shape index (κ1) is 14.9. The molecule has 0 amide bonds. The fraction of sp³-hybridized carbons (Fsp3) is 0.533. The molecule has 0 aromatic heterocycles. The van der Waals surface area contributed by atoms with E-state index in [0.717, 1.165) is 31.2 Å². The zero-order valence-electron chi connectivity index (χ0n) is 11.1. The van der Waals surface area contributed by atoms with Crippen molar-refractivity contribution in [3.8, 4) is 5.75 Å². The van der Waals surface area contributed by atoms with Gasteiger partial charge in [-0.15, -0.1) is 13.2 Å². The Labute approximate surface area is 115 Å². The number of Topliss-reactive ketones (excluding diaryl/α,β-unsaturated/α-hetero) is 1. The van der Waals surface area contributed by atoms with Gasteiger partial charge >= 0.3 is 6.36 Å². The van der Waals surface area contributed by atoms with Crippen molar-refractivity contribution >= 4 is 5.78 Å². The summed E-state index contributed by atoms with van der Waals surface area (Å²) >= 11 is 0. The van der Waals surface area contributed by atoms with Crippen molar-refractivity contribution < 1.29 is 22.7 Å². The second-order valence-corrected chi connectivity index (χ2v) is 5.17. The van der Waals surface area contributed by atoms with Crippen LogP contribution in [-0.4, -0.2) is 12.1 Å². The molecule has 0 radical (unpaired) electrons. The molecule has 1 fully saturated rings. The summed E-state index contributed by atoms with van der Waals surface area (Å²) in [6.07, 6.45) is 0.857. The summed E-state index contributed by atoms with van der Waals surface area (Å²) in [7, 11) is 0. The van der Waals surface area contributed by atoms with E-state index in [-0.39, 0.29) is 23.9 Å². The van der Waals surface area contributed by atoms with Gasteiger partial charge in [0.25, 0.3) is 0 Å². The molecule has 0 heterocycles. The number of ether oxygens (including phenoxy) is 1. The predicted molar refractivity (Wildman–Crippen MR) is 68.4 cm³/mol. The lowest BCUT2D eigenvalue weighted by molar-refractivity contribution is -0.274. The quantitative estimate of drug-likeness (QED) is 0.826. The number of rotatable bonds is 4. The van der Waals surface area contributed by atoms with Gasteiger partial charge in [0, 0.05) is 12.3 Å². The molecular formula is C15H17F3O2. The third-order valence-corrected chi connectivity index (χ3v) is 3.60. The highest BCUT2D eigenvalue weighted by Gasteiger charge is 2.31. The Balaban J connectivity index is 1.91. The fourth-order valence-electron chi connectivity index (χ4n) is 2.58. The Bertz CT molecular complexity index is 445. The highest BCUT2D eigenvalue weighted by molar-refractivity contribution is 5.83. The molecule has 0 atom stereocenters. The molecule has 1 aliphatic carbocycles. The standard InChI is InChI=1S/C15H17F3O2/c16-15(17,18)20-13-8-6-11(7-9-13)10-14(19)12-4-2-1-3-5-12/h6-9,12H,1-5,10H2. The average molecular weight is 286 g/mol. The zero-order valence-corrected chi connectivity index (χ0v) is 11.1. The van der Waals surface area contributed by atoms with Crippen LogP contribution < -0.4 is 4.74 Å². The number of hydrogen-bond acceptors (Lipinski definition) is 2. The zero-order chi connectivity index (χ0) is 14.6. The van der Waals surface area contributed by atoms with Gasteiger partial charge in [0.05, 0.1) is 0 Å². The summed E-state index contributed by atoms with van der Waals surface area (Å²) in [5, 5.41) is 0. The Morgan fingerprint density at radius 2 is 1.70 bits per heavy atom. The third-order valence-electron chi connectivity index (χ3n) is 3.60. The first-order valence-corrected chi connectivity index (χ1v) is 6.81. The maximum absolute atomic E-state index is 12.1. The van der Waals surface area contributed by atoms with Gasteiger partial charge in [-0.1, -0.05) is 31.4 Å². The maximum Gasteiger partial charge on any atom is 0.573 e. The minimum Gasteiger partial charge on any atom is -0.406 e. The Hall–Kier alpha value is -1.52. The largest absolute Gasteiger partial charge is 0.573 e. The number of halogens is 3. The molecular weight excluding hydrogens is 269 g/mol. The monoisotopic (exact) mass is 286 g/mol. The van der Waals surface area contributed by atoms with Crippen molar-refractivity contribution in [2.75, 3.05) is 0 Å². The molecule has 0 saturated heterocycles. The number of carbonyl (C=O) groups excluding carboxylic acids is 1. The van der Waals surface area contributed by atoms with Crippen LogP contribution in [0.3, 0.4) is 0 Å². The smallest absolute Gasteiger partial charge is 0.406 e. The van der Waals surface area contributed by atoms with Crippen molar-refractivity contribution in [3.05, 3.63) is 29.8 Å². The Morgan fingerprint density at radius 1 is 1.10 bits per heavy atom. The van der Waals surface area contributed by atoms with Crippen LogP contribution in [0.25, 0.3) is 0 Å². The van der Waals surface area contributed by atoms with Crippen LogP contribution in [0, 0.1) is 5.92 Å². The minimum absolute atomic E-state index is 0.120. The molecule has 20 heavy (non-hydrogen) atoms. The summed E-state index contributed by atoms with van der Waals surface area (Å²) in [6.45, 7) is 0. The molecule has 0 unspecified atom stereocenters. The molecule has 0 aliphatic heterocycles. The van der Waals surface area contributed by atoms with E-state index < -0.39 is 6.36 Å². The highest BCUT2D eigenvalue weighted by atomic mass is 19.4. The topological polar surface area (TPSA) is 26.3 Å². The first-order chi connectivity index (χ1) is 9.44. The Morgan fingerprint density at radius 3 is 2.25 bits per heavy atom. The lowest BCUT2D eigenvalue weighted by Gasteiger charge is -2.20. The minimum atomic E-state index is -4.68. The predicted octanol–water partition coefficient (Wildman–Crippen LogP) is 4.28. The van der Waals surface area contributed by atoms with Crippen LogP contribution in [0.4, 0.5) is 13.2 Å². The second kappa shape index (κ2) is 6.29. The number of ketones is 1. The normalized spacial score (nSPS) is 16.9. The van der Waals surface area contributed by atoms with E-state index in [1.54, 1.807) is 0 Å². The van der Waals surface area contributed by atoms with E-state index in [1.165, 1.54) is 30.7 Å². The van der Waals surface area contributed by atoms with Gasteiger partial charge in [0.1, 0.15) is 11.5 Å². The van der Waals surface area contributed by atoms with Crippen LogP contribution in [0.15, 0.2) is 24.3 Å². The van der Waals surface area contributed by atoms with Crippen molar-refractivity contribution in [1.82, 2.24) is 0 Å². The molecule has 1 aromatic rings. The van der Waals surface area contributed by atoms with Crippen LogP contribution in [0.2, 0.25) is 0 Å². The van der Waals surface area contributed by atoms with E-state index in [9.17, 15) is 18.0 Å². The van der Waals surface area contributed by atoms with Crippen LogP contribution in [-0.2, 0) is 11.2 Å². The van der Waals surface area contributed by atoms with E-state index in [1.807, 2.05) is 0 Å². The van der Waals surface area contributed by atoms with E-state index in [2.05, 4.69) is 4.74 Å². The summed E-state index contributed by atoms with van der Waals surface area (Å²) in [4.78, 5) is 12.1. The van der Waals surface area contributed by atoms with Crippen molar-refractivity contribution in [3.63, 3.8) is 0 Å². The molecule has 0 N–H and O–H groups in total. The molecule has 5 heteroatoms. The van der Waals surface area contributed by atoms with Crippen molar-refractivity contribution in [2.24, 2.45) is 5.92 Å². The number of benzene rings is 1. The van der Waals surface area contributed by atoms with E-state index in [4.69, 9.17) is 0 Å². The lowest BCUT2D eigenvalue weighted by Crippen LogP contribution is -2.19. The molecule has 1 aliphatic rings. The first-order valence-electron chi connectivity index (χ1n) is 6.81. The second-order valence-electron chi connectivity index (χ2n) is 5.17. The Kier molecular flexibility index (Phi) is 4.68. The average Bonchev–Trinajstić information content (AvgIpc) is 2.40. The van der Waals surface area contributed by atoms with Crippen LogP contribution in [0.5, 0.6) is 5.75 Å². The van der Waals surface area contributed by atoms with Crippen LogP contribution in [0.1, 0.15) is 37.7 Å². The molecule has 1 aromatic carbocycles. The molecule has 1 saturated carbocycles. The van der Waals surface area contributed by atoms with Gasteiger partial charge in [-0.05, 0) is 30.5 Å². The molecule has 0 bridgehead atoms. The molecule has 2 rings (SSSR count). The SMILES string of the molecule is O=C(Cc1ccc(OC(F)(F)F)cc1)C1CCCCC1. The van der Waals surface area contributed by atoms with Crippen molar-refractivity contribution in [1.29, 1.82) is 0 Å². The third kappa shape index (κ3) is 4.54. The lowest BCUT2D eigenvalue weighted by atomic mass is 9.84. The molecule has 2 nitrogen and oxygen atoms in total. The maximum atomic E-state index is 12.1. The number of hydrogen-bond donors (Lipinski definition) is 0. The van der Waals surface area contributed by atoms with Gasteiger partial charge < -0.3 is 4.74 Å². The van der Waals surface area contributed by atoms with Gasteiger partial charge in [0.2, 0.25) is 0 Å². The van der Waals surface area contributed by atoms with E-state index in [0.29, 0.717) is 0 Å². The summed E-state index contributed by atoms with van der Waals surface area (Å²) in [6, 6.07) is 5.53. The number of carbonyl (C=O) groups is 1. The van der Waals surface area contributed by atoms with Gasteiger partial charge in [-0.2, -0.15) is 0 Å². The van der Waals surface area contributed by atoms with Crippen molar-refractivity contribution in [2.45, 2.75) is 44.9 Å². The summed E-state index contributed by atoms with van der Waals surface area (Å²) in [5.41, 5.74) is 0.732. The fourth-order valence-corrected chi connectivity index (χ4v) is 2.58. The number of alkyl halides is 3. The van der Waals surface area contributed by atoms with Gasteiger partial charge in [-0.25, -0.2) is 0 Å². The molecule has 110 valence electrons. The summed E-state index contributed by atoms with van der Waals surface area (Å²) < 4.78 is 39.8. The van der Waals surface area contributed by atoms with E-state index >= 15 is 0 Å². The summed E-state index contributed by atoms with van der Waals surface area (Å²) in [5.74, 6) is 0.0513.